The second kappa shape index (κ2) is 5.84. The molecule has 0 atom stereocenters. The molecule has 0 aliphatic rings. The molecular weight excluding hydrogens is 334 g/mol. The molecule has 1 amide bonds. The van der Waals surface area contributed by atoms with Gasteiger partial charge in [-0.25, -0.2) is 0 Å². The third-order valence-corrected chi connectivity index (χ3v) is 3.38. The molecule has 21 heavy (non-hydrogen) atoms. The van der Waals surface area contributed by atoms with Crippen molar-refractivity contribution in [2.45, 2.75) is 0 Å². The van der Waals surface area contributed by atoms with Gasteiger partial charge in [0.25, 0.3) is 5.91 Å². The highest BCUT2D eigenvalue weighted by atomic mass is 79.9. The molecule has 2 aromatic carbocycles. The minimum atomic E-state index is -0.192. The molecule has 0 bridgehead atoms. The Morgan fingerprint density at radius 2 is 1.86 bits per heavy atom. The van der Waals surface area contributed by atoms with Crippen LogP contribution in [-0.4, -0.2) is 26.1 Å². The van der Waals surface area contributed by atoms with Gasteiger partial charge in [0.2, 0.25) is 0 Å². The summed E-state index contributed by atoms with van der Waals surface area (Å²) in [6.45, 7) is 0. The molecule has 0 aliphatic carbocycles. The molecule has 104 valence electrons. The summed E-state index contributed by atoms with van der Waals surface area (Å²) in [5.41, 5.74) is 1.91. The summed E-state index contributed by atoms with van der Waals surface area (Å²) in [5, 5.41) is 13.9. The molecular formula is C14H10BrN5O. The minimum Gasteiger partial charge on any atom is -0.320 e. The van der Waals surface area contributed by atoms with Crippen LogP contribution < -0.4 is 5.32 Å². The number of para-hydroxylation sites is 2. The molecule has 0 aliphatic heterocycles. The standard InChI is InChI=1S/C14H10BrN5O/c15-11-7-5-10(6-8-11)14(21)17-12-3-1-2-4-13(12)20-9-16-18-19-20/h1-9H,(H,17,21). The van der Waals surface area contributed by atoms with Gasteiger partial charge in [0, 0.05) is 10.0 Å². The van der Waals surface area contributed by atoms with Crippen LogP contribution in [0.5, 0.6) is 0 Å². The zero-order valence-electron chi connectivity index (χ0n) is 10.8. The Kier molecular flexibility index (Phi) is 3.74. The summed E-state index contributed by atoms with van der Waals surface area (Å²) in [5.74, 6) is -0.192. The highest BCUT2D eigenvalue weighted by Crippen LogP contribution is 2.19. The zero-order valence-corrected chi connectivity index (χ0v) is 12.4. The number of halogens is 1. The summed E-state index contributed by atoms with van der Waals surface area (Å²) in [7, 11) is 0. The summed E-state index contributed by atoms with van der Waals surface area (Å²) in [6.07, 6.45) is 1.48. The first-order chi connectivity index (χ1) is 10.2. The molecule has 6 nitrogen and oxygen atoms in total. The fraction of sp³-hybridized carbons (Fsp3) is 0. The van der Waals surface area contributed by atoms with Gasteiger partial charge in [0.15, 0.2) is 0 Å². The Morgan fingerprint density at radius 3 is 2.57 bits per heavy atom. The van der Waals surface area contributed by atoms with E-state index in [0.717, 1.165) is 4.47 Å². The number of carbonyl (C=O) groups excluding carboxylic acids is 1. The Balaban J connectivity index is 1.88. The average Bonchev–Trinajstić information content (AvgIpc) is 3.02. The topological polar surface area (TPSA) is 72.7 Å². The Labute approximate surface area is 128 Å². The molecule has 3 aromatic rings. The molecule has 0 unspecified atom stereocenters. The first-order valence-electron chi connectivity index (χ1n) is 6.13. The number of hydrogen-bond donors (Lipinski definition) is 1. The van der Waals surface area contributed by atoms with Gasteiger partial charge in [-0.1, -0.05) is 28.1 Å². The van der Waals surface area contributed by atoms with E-state index in [9.17, 15) is 4.79 Å². The van der Waals surface area contributed by atoms with E-state index in [-0.39, 0.29) is 5.91 Å². The van der Waals surface area contributed by atoms with E-state index < -0.39 is 0 Å². The van der Waals surface area contributed by atoms with Crippen molar-refractivity contribution in [2.75, 3.05) is 5.32 Å². The molecule has 0 spiro atoms. The van der Waals surface area contributed by atoms with Crippen LogP contribution in [0.2, 0.25) is 0 Å². The third-order valence-electron chi connectivity index (χ3n) is 2.85. The van der Waals surface area contributed by atoms with E-state index in [4.69, 9.17) is 0 Å². The normalized spacial score (nSPS) is 10.3. The van der Waals surface area contributed by atoms with Crippen molar-refractivity contribution < 1.29 is 4.79 Å². The molecule has 0 saturated heterocycles. The lowest BCUT2D eigenvalue weighted by atomic mass is 10.2. The van der Waals surface area contributed by atoms with Crippen LogP contribution in [0.3, 0.4) is 0 Å². The first-order valence-corrected chi connectivity index (χ1v) is 6.92. The lowest BCUT2D eigenvalue weighted by Gasteiger charge is -2.10. The van der Waals surface area contributed by atoms with Crippen molar-refractivity contribution in [3.8, 4) is 5.69 Å². The number of anilines is 1. The van der Waals surface area contributed by atoms with Crippen molar-refractivity contribution in [1.82, 2.24) is 20.2 Å². The second-order valence-electron chi connectivity index (χ2n) is 4.23. The summed E-state index contributed by atoms with van der Waals surface area (Å²) < 4.78 is 2.42. The molecule has 0 fully saturated rings. The molecule has 0 saturated carbocycles. The van der Waals surface area contributed by atoms with Crippen LogP contribution in [-0.2, 0) is 0 Å². The molecule has 1 heterocycles. The maximum Gasteiger partial charge on any atom is 0.255 e. The van der Waals surface area contributed by atoms with E-state index in [1.165, 1.54) is 11.0 Å². The lowest BCUT2D eigenvalue weighted by Crippen LogP contribution is -2.13. The van der Waals surface area contributed by atoms with Crippen molar-refractivity contribution in [2.24, 2.45) is 0 Å². The van der Waals surface area contributed by atoms with Crippen LogP contribution in [0.1, 0.15) is 10.4 Å². The number of amides is 1. The van der Waals surface area contributed by atoms with E-state index in [0.29, 0.717) is 16.9 Å². The summed E-state index contributed by atoms with van der Waals surface area (Å²) in [4.78, 5) is 12.3. The Hall–Kier alpha value is -2.54. The van der Waals surface area contributed by atoms with Crippen LogP contribution >= 0.6 is 15.9 Å². The quantitative estimate of drug-likeness (QED) is 0.793. The van der Waals surface area contributed by atoms with E-state index in [1.54, 1.807) is 18.2 Å². The SMILES string of the molecule is O=C(Nc1ccccc1-n1cnnn1)c1ccc(Br)cc1. The fourth-order valence-electron chi connectivity index (χ4n) is 1.85. The largest absolute Gasteiger partial charge is 0.320 e. The van der Waals surface area contributed by atoms with Crippen LogP contribution in [0.25, 0.3) is 5.69 Å². The van der Waals surface area contributed by atoms with Crippen molar-refractivity contribution in [3.63, 3.8) is 0 Å². The van der Waals surface area contributed by atoms with Gasteiger partial charge in [-0.3, -0.25) is 4.79 Å². The van der Waals surface area contributed by atoms with Gasteiger partial charge < -0.3 is 5.32 Å². The van der Waals surface area contributed by atoms with Gasteiger partial charge in [-0.05, 0) is 46.8 Å². The summed E-state index contributed by atoms with van der Waals surface area (Å²) >= 11 is 3.34. The second-order valence-corrected chi connectivity index (χ2v) is 5.15. The van der Waals surface area contributed by atoms with Crippen molar-refractivity contribution in [3.05, 3.63) is 64.9 Å². The number of carbonyl (C=O) groups is 1. The highest BCUT2D eigenvalue weighted by Gasteiger charge is 2.10. The van der Waals surface area contributed by atoms with Crippen LogP contribution in [0, 0.1) is 0 Å². The van der Waals surface area contributed by atoms with E-state index in [2.05, 4.69) is 36.8 Å². The van der Waals surface area contributed by atoms with Gasteiger partial charge in [0.05, 0.1) is 11.4 Å². The highest BCUT2D eigenvalue weighted by molar-refractivity contribution is 9.10. The predicted octanol–water partition coefficient (Wildman–Crippen LogP) is 2.68. The Bertz CT molecular complexity index is 755. The summed E-state index contributed by atoms with van der Waals surface area (Å²) in [6, 6.07) is 14.5. The molecule has 7 heteroatoms. The minimum absolute atomic E-state index is 0.192. The van der Waals surface area contributed by atoms with Crippen molar-refractivity contribution in [1.29, 1.82) is 0 Å². The number of nitrogens with zero attached hydrogens (tertiary/aromatic N) is 4. The lowest BCUT2D eigenvalue weighted by molar-refractivity contribution is 0.102. The molecule has 0 radical (unpaired) electrons. The van der Waals surface area contributed by atoms with Crippen molar-refractivity contribution >= 4 is 27.5 Å². The van der Waals surface area contributed by atoms with Gasteiger partial charge in [-0.15, -0.1) is 5.10 Å². The van der Waals surface area contributed by atoms with Gasteiger partial charge in [-0.2, -0.15) is 4.68 Å². The van der Waals surface area contributed by atoms with Gasteiger partial charge >= 0.3 is 0 Å². The maximum atomic E-state index is 12.3. The zero-order chi connectivity index (χ0) is 14.7. The number of hydrogen-bond acceptors (Lipinski definition) is 4. The first kappa shape index (κ1) is 13.4. The maximum absolute atomic E-state index is 12.3. The van der Waals surface area contributed by atoms with E-state index in [1.807, 2.05) is 30.3 Å². The smallest absolute Gasteiger partial charge is 0.255 e. The van der Waals surface area contributed by atoms with E-state index >= 15 is 0 Å². The predicted molar refractivity (Wildman–Crippen MR) is 81.2 cm³/mol. The Morgan fingerprint density at radius 1 is 1.10 bits per heavy atom. The number of aromatic nitrogens is 4. The number of nitrogens with one attached hydrogen (secondary N) is 1. The van der Waals surface area contributed by atoms with Crippen LogP contribution in [0.4, 0.5) is 5.69 Å². The third kappa shape index (κ3) is 2.97. The molecule has 1 N–H and O–H groups in total. The number of rotatable bonds is 3. The molecule has 3 rings (SSSR count). The molecule has 1 aromatic heterocycles. The number of tetrazole rings is 1. The van der Waals surface area contributed by atoms with Crippen LogP contribution in [0.15, 0.2) is 59.3 Å². The number of benzene rings is 2. The fourth-order valence-corrected chi connectivity index (χ4v) is 2.11. The monoisotopic (exact) mass is 343 g/mol. The average molecular weight is 344 g/mol. The van der Waals surface area contributed by atoms with Gasteiger partial charge in [0.1, 0.15) is 6.33 Å².